The van der Waals surface area contributed by atoms with Crippen molar-refractivity contribution in [2.45, 2.75) is 72.1 Å². The summed E-state index contributed by atoms with van der Waals surface area (Å²) in [6, 6.07) is 7.96. The first-order chi connectivity index (χ1) is 13.6. The lowest BCUT2D eigenvalue weighted by Crippen LogP contribution is -2.35. The van der Waals surface area contributed by atoms with E-state index >= 15 is 0 Å². The van der Waals surface area contributed by atoms with Gasteiger partial charge in [-0.3, -0.25) is 4.79 Å². The predicted octanol–water partition coefficient (Wildman–Crippen LogP) is 6.24. The van der Waals surface area contributed by atoms with E-state index in [-0.39, 0.29) is 5.97 Å². The number of ether oxygens (including phenoxy) is 2. The molecule has 6 heteroatoms. The van der Waals surface area contributed by atoms with E-state index in [1.165, 1.54) is 0 Å². The van der Waals surface area contributed by atoms with Crippen LogP contribution in [0.1, 0.15) is 71.3 Å². The van der Waals surface area contributed by atoms with Crippen LogP contribution in [0.4, 0.5) is 0 Å². The van der Waals surface area contributed by atoms with E-state index < -0.39 is 5.41 Å². The summed E-state index contributed by atoms with van der Waals surface area (Å²) in [6.07, 6.45) is 7.28. The topological polar surface area (TPSA) is 84.3 Å². The van der Waals surface area contributed by atoms with Crippen molar-refractivity contribution in [2.24, 2.45) is 10.5 Å². The predicted molar refractivity (Wildman–Crippen MR) is 112 cm³/mol. The lowest BCUT2D eigenvalue weighted by Gasteiger charge is -2.32. The molecule has 1 rings (SSSR count). The summed E-state index contributed by atoms with van der Waals surface area (Å²) in [5.74, 6) is 0.726. The van der Waals surface area contributed by atoms with Crippen LogP contribution < -0.4 is 4.74 Å². The molecule has 0 amide bonds. The molecule has 0 heterocycles. The Bertz CT molecular complexity index is 602. The van der Waals surface area contributed by atoms with Crippen LogP contribution in [0, 0.1) is 5.41 Å². The highest BCUT2D eigenvalue weighted by Gasteiger charge is 2.38. The molecule has 0 aliphatic carbocycles. The molecule has 0 spiro atoms. The van der Waals surface area contributed by atoms with E-state index in [4.69, 9.17) is 15.0 Å². The monoisotopic (exact) mass is 389 g/mol. The number of carbonyl (C=O) groups is 1. The van der Waals surface area contributed by atoms with Crippen molar-refractivity contribution in [1.82, 2.24) is 0 Å². The van der Waals surface area contributed by atoms with Crippen LogP contribution in [0.25, 0.3) is 10.4 Å². The van der Waals surface area contributed by atoms with Crippen molar-refractivity contribution < 1.29 is 14.3 Å². The quantitative estimate of drug-likeness (QED) is 0.117. The van der Waals surface area contributed by atoms with Crippen molar-refractivity contribution in [1.29, 1.82) is 0 Å². The van der Waals surface area contributed by atoms with E-state index in [1.807, 2.05) is 31.2 Å². The second-order valence-corrected chi connectivity index (χ2v) is 7.19. The summed E-state index contributed by atoms with van der Waals surface area (Å²) < 4.78 is 11.2. The molecule has 0 aliphatic heterocycles. The molecule has 0 aromatic heterocycles. The minimum atomic E-state index is -0.445. The molecule has 0 radical (unpaired) electrons. The number of carbonyl (C=O) groups excluding carboxylic acids is 1. The normalized spacial score (nSPS) is 11.0. The minimum absolute atomic E-state index is 0.0599. The summed E-state index contributed by atoms with van der Waals surface area (Å²) >= 11 is 0. The zero-order chi connectivity index (χ0) is 20.7. The summed E-state index contributed by atoms with van der Waals surface area (Å²) in [4.78, 5) is 15.6. The second kappa shape index (κ2) is 13.9. The first-order valence-electron chi connectivity index (χ1n) is 10.5. The van der Waals surface area contributed by atoms with Gasteiger partial charge in [0.15, 0.2) is 0 Å². The first kappa shape index (κ1) is 23.8. The Balaban J connectivity index is 2.84. The largest absolute Gasteiger partial charge is 0.494 e. The zero-order valence-electron chi connectivity index (χ0n) is 17.7. The molecule has 0 bridgehead atoms. The van der Waals surface area contributed by atoms with Gasteiger partial charge in [0, 0.05) is 11.5 Å². The number of hydrogen-bond donors (Lipinski definition) is 0. The SMILES string of the molecule is CCCCC(CCCC)(Cc1ccc(OCCCN=[N+]=[N-])cc1)C(=O)OCC. The Morgan fingerprint density at radius 2 is 1.71 bits per heavy atom. The third-order valence-corrected chi connectivity index (χ3v) is 4.93. The number of nitrogens with zero attached hydrogens (tertiary/aromatic N) is 3. The van der Waals surface area contributed by atoms with Crippen LogP contribution in [0.5, 0.6) is 5.75 Å². The highest BCUT2D eigenvalue weighted by atomic mass is 16.5. The molecule has 0 saturated heterocycles. The fraction of sp³-hybridized carbons (Fsp3) is 0.682. The third-order valence-electron chi connectivity index (χ3n) is 4.93. The maximum atomic E-state index is 12.9. The van der Waals surface area contributed by atoms with Gasteiger partial charge in [-0.05, 0) is 55.8 Å². The Morgan fingerprint density at radius 1 is 1.07 bits per heavy atom. The van der Waals surface area contributed by atoms with E-state index in [1.54, 1.807) is 0 Å². The summed E-state index contributed by atoms with van der Waals surface area (Å²) in [5, 5.41) is 3.49. The third kappa shape index (κ3) is 8.22. The van der Waals surface area contributed by atoms with Crippen molar-refractivity contribution in [2.75, 3.05) is 19.8 Å². The highest BCUT2D eigenvalue weighted by Crippen LogP contribution is 2.37. The zero-order valence-corrected chi connectivity index (χ0v) is 17.7. The molecule has 0 saturated carbocycles. The van der Waals surface area contributed by atoms with Crippen molar-refractivity contribution in [3.8, 4) is 5.75 Å². The van der Waals surface area contributed by atoms with Crippen LogP contribution in [-0.2, 0) is 16.0 Å². The Hall–Kier alpha value is -2.20. The lowest BCUT2D eigenvalue weighted by atomic mass is 9.73. The van der Waals surface area contributed by atoms with Gasteiger partial charge in [-0.15, -0.1) is 0 Å². The average molecular weight is 390 g/mol. The maximum Gasteiger partial charge on any atom is 0.312 e. The Morgan fingerprint density at radius 3 is 2.25 bits per heavy atom. The number of esters is 1. The smallest absolute Gasteiger partial charge is 0.312 e. The van der Waals surface area contributed by atoms with Gasteiger partial charge in [-0.1, -0.05) is 56.8 Å². The van der Waals surface area contributed by atoms with Gasteiger partial charge >= 0.3 is 5.97 Å². The van der Waals surface area contributed by atoms with Gasteiger partial charge in [0.25, 0.3) is 0 Å². The van der Waals surface area contributed by atoms with Crippen molar-refractivity contribution >= 4 is 5.97 Å². The van der Waals surface area contributed by atoms with Crippen LogP contribution in [0.15, 0.2) is 29.4 Å². The number of unbranched alkanes of at least 4 members (excludes halogenated alkanes) is 2. The van der Waals surface area contributed by atoms with Gasteiger partial charge in [-0.2, -0.15) is 0 Å². The van der Waals surface area contributed by atoms with Gasteiger partial charge in [0.2, 0.25) is 0 Å². The molecule has 1 aromatic rings. The maximum absolute atomic E-state index is 12.9. The molecule has 156 valence electrons. The van der Waals surface area contributed by atoms with E-state index in [0.717, 1.165) is 49.8 Å². The van der Waals surface area contributed by atoms with Gasteiger partial charge in [0.1, 0.15) is 5.75 Å². The average Bonchev–Trinajstić information content (AvgIpc) is 2.71. The number of rotatable bonds is 15. The molecular weight excluding hydrogens is 354 g/mol. The molecule has 0 atom stereocenters. The van der Waals surface area contributed by atoms with E-state index in [0.29, 0.717) is 32.6 Å². The fourth-order valence-electron chi connectivity index (χ4n) is 3.36. The fourth-order valence-corrected chi connectivity index (χ4v) is 3.36. The van der Waals surface area contributed by atoms with E-state index in [9.17, 15) is 4.79 Å². The lowest BCUT2D eigenvalue weighted by molar-refractivity contribution is -0.156. The van der Waals surface area contributed by atoms with Crippen LogP contribution in [0.2, 0.25) is 0 Å². The number of hydrogen-bond acceptors (Lipinski definition) is 4. The number of benzene rings is 1. The minimum Gasteiger partial charge on any atom is -0.494 e. The van der Waals surface area contributed by atoms with Crippen molar-refractivity contribution in [3.63, 3.8) is 0 Å². The molecule has 0 N–H and O–H groups in total. The van der Waals surface area contributed by atoms with Gasteiger partial charge in [-0.25, -0.2) is 0 Å². The standard InChI is InChI=1S/C22H35N3O3/c1-4-7-14-22(15-8-5-2,21(26)27-6-3)18-19-10-12-20(13-11-19)28-17-9-16-24-25-23/h10-13H,4-9,14-18H2,1-3H3. The molecule has 6 nitrogen and oxygen atoms in total. The second-order valence-electron chi connectivity index (χ2n) is 7.19. The van der Waals surface area contributed by atoms with Crippen LogP contribution >= 0.6 is 0 Å². The summed E-state index contributed by atoms with van der Waals surface area (Å²) in [5.41, 5.74) is 8.95. The van der Waals surface area contributed by atoms with E-state index in [2.05, 4.69) is 23.9 Å². The Kier molecular flexibility index (Phi) is 11.8. The molecule has 28 heavy (non-hydrogen) atoms. The van der Waals surface area contributed by atoms with Crippen molar-refractivity contribution in [3.05, 3.63) is 40.3 Å². The van der Waals surface area contributed by atoms with Crippen LogP contribution in [-0.4, -0.2) is 25.7 Å². The summed E-state index contributed by atoms with van der Waals surface area (Å²) in [7, 11) is 0. The number of azide groups is 1. The van der Waals surface area contributed by atoms with Gasteiger partial charge < -0.3 is 9.47 Å². The highest BCUT2D eigenvalue weighted by molar-refractivity contribution is 5.77. The molecule has 1 aromatic carbocycles. The molecule has 0 fully saturated rings. The summed E-state index contributed by atoms with van der Waals surface area (Å²) in [6.45, 7) is 7.55. The molecule has 0 unspecified atom stereocenters. The molecule has 0 aliphatic rings. The Labute approximate surface area is 169 Å². The first-order valence-corrected chi connectivity index (χ1v) is 10.5. The van der Waals surface area contributed by atoms with Gasteiger partial charge in [0.05, 0.1) is 18.6 Å². The van der Waals surface area contributed by atoms with Crippen LogP contribution in [0.3, 0.4) is 0 Å². The molecular formula is C22H35N3O3.